The first-order valence-corrected chi connectivity index (χ1v) is 3.17. The second-order valence-electron chi connectivity index (χ2n) is 2.48. The molecular weight excluding hydrogens is 223 g/mol. The van der Waals surface area contributed by atoms with Gasteiger partial charge < -0.3 is 20.4 Å². The molecule has 0 heterocycles. The molecule has 0 aromatic rings. The van der Waals surface area contributed by atoms with Gasteiger partial charge in [-0.25, -0.2) is 4.79 Å². The minimum atomic E-state index is -2.74. The number of carboxylic acid groups (broad SMARTS) is 3. The molecule has 0 atom stereocenters. The summed E-state index contributed by atoms with van der Waals surface area (Å²) in [5.74, 6) is -5.02. The molecule has 0 fully saturated rings. The number of hydrogen-bond donors (Lipinski definition) is 4. The van der Waals surface area contributed by atoms with Crippen molar-refractivity contribution in [2.75, 3.05) is 0 Å². The Morgan fingerprint density at radius 2 is 1.21 bits per heavy atom. The quantitative estimate of drug-likeness (QED) is 0.352. The average molecular weight is 231 g/mol. The third-order valence-corrected chi connectivity index (χ3v) is 1.29. The van der Waals surface area contributed by atoms with Crippen LogP contribution in [0.4, 0.5) is 0 Å². The molecule has 0 spiro atoms. The summed E-state index contributed by atoms with van der Waals surface area (Å²) in [6.07, 6.45) is -2.29. The SMILES string of the molecule is O=C(O)CC(O)(CC(=O)O)C(=O)O.[K+]. The molecular formula is C6H8KO7+. The van der Waals surface area contributed by atoms with Crippen molar-refractivity contribution >= 4 is 17.9 Å². The average Bonchev–Trinajstić information content (AvgIpc) is 1.82. The molecule has 8 heteroatoms. The van der Waals surface area contributed by atoms with Gasteiger partial charge in [0.05, 0.1) is 12.8 Å². The zero-order valence-corrected chi connectivity index (χ0v) is 10.6. The summed E-state index contributed by atoms with van der Waals surface area (Å²) >= 11 is 0. The van der Waals surface area contributed by atoms with Crippen LogP contribution >= 0.6 is 0 Å². The van der Waals surface area contributed by atoms with Crippen LogP contribution in [0.25, 0.3) is 0 Å². The zero-order chi connectivity index (χ0) is 10.6. The van der Waals surface area contributed by atoms with Crippen LogP contribution < -0.4 is 51.4 Å². The van der Waals surface area contributed by atoms with Crippen molar-refractivity contribution in [3.63, 3.8) is 0 Å². The van der Waals surface area contributed by atoms with Crippen LogP contribution in [0.3, 0.4) is 0 Å². The molecule has 4 N–H and O–H groups in total. The van der Waals surface area contributed by atoms with Gasteiger partial charge >= 0.3 is 69.3 Å². The van der Waals surface area contributed by atoms with Gasteiger partial charge in [0, 0.05) is 0 Å². The molecule has 0 saturated carbocycles. The number of carbonyl (C=O) groups is 3. The number of carboxylic acids is 3. The largest absolute Gasteiger partial charge is 1.00 e. The molecule has 74 valence electrons. The van der Waals surface area contributed by atoms with Crippen molar-refractivity contribution in [2.45, 2.75) is 18.4 Å². The fraction of sp³-hybridized carbons (Fsp3) is 0.500. The maximum absolute atomic E-state index is 10.3. The predicted molar refractivity (Wildman–Crippen MR) is 37.1 cm³/mol. The Morgan fingerprint density at radius 1 is 0.929 bits per heavy atom. The van der Waals surface area contributed by atoms with Crippen LogP contribution in [-0.2, 0) is 14.4 Å². The smallest absolute Gasteiger partial charge is 0.481 e. The zero-order valence-electron chi connectivity index (χ0n) is 7.43. The fourth-order valence-electron chi connectivity index (χ4n) is 0.714. The summed E-state index contributed by atoms with van der Waals surface area (Å²) in [4.78, 5) is 30.5. The maximum Gasteiger partial charge on any atom is 1.00 e. The van der Waals surface area contributed by atoms with Gasteiger partial charge in [0.1, 0.15) is 0 Å². The van der Waals surface area contributed by atoms with E-state index in [1.165, 1.54) is 0 Å². The summed E-state index contributed by atoms with van der Waals surface area (Å²) in [7, 11) is 0. The van der Waals surface area contributed by atoms with Gasteiger partial charge in [0.25, 0.3) is 0 Å². The minimum absolute atomic E-state index is 0. The van der Waals surface area contributed by atoms with E-state index in [9.17, 15) is 14.4 Å². The second kappa shape index (κ2) is 6.48. The summed E-state index contributed by atoms with van der Waals surface area (Å²) in [5.41, 5.74) is -2.74. The molecule has 0 saturated heterocycles. The van der Waals surface area contributed by atoms with E-state index in [2.05, 4.69) is 0 Å². The first kappa shape index (κ1) is 16.4. The van der Waals surface area contributed by atoms with Gasteiger partial charge in [-0.3, -0.25) is 9.59 Å². The number of aliphatic carboxylic acids is 3. The molecule has 0 aromatic carbocycles. The van der Waals surface area contributed by atoms with Gasteiger partial charge in [-0.15, -0.1) is 0 Å². The van der Waals surface area contributed by atoms with Crippen LogP contribution in [-0.4, -0.2) is 43.9 Å². The third kappa shape index (κ3) is 5.68. The Hall–Kier alpha value is 0.00636. The van der Waals surface area contributed by atoms with E-state index < -0.39 is 36.4 Å². The molecule has 7 nitrogen and oxygen atoms in total. The van der Waals surface area contributed by atoms with Gasteiger partial charge in [-0.05, 0) is 0 Å². The summed E-state index contributed by atoms with van der Waals surface area (Å²) < 4.78 is 0. The maximum atomic E-state index is 10.3. The Bertz CT molecular complexity index is 233. The molecule has 0 amide bonds. The Labute approximate surface area is 121 Å². The normalized spacial score (nSPS) is 10.1. The summed E-state index contributed by atoms with van der Waals surface area (Å²) in [5, 5.41) is 33.8. The molecule has 0 aromatic heterocycles. The molecule has 0 radical (unpaired) electrons. The minimum Gasteiger partial charge on any atom is -0.481 e. The molecule has 0 bridgehead atoms. The molecule has 14 heavy (non-hydrogen) atoms. The molecule has 0 aliphatic heterocycles. The van der Waals surface area contributed by atoms with Crippen molar-refractivity contribution in [1.29, 1.82) is 0 Å². The Morgan fingerprint density at radius 3 is 1.36 bits per heavy atom. The Balaban J connectivity index is 0. The number of hydrogen-bond acceptors (Lipinski definition) is 4. The molecule has 0 rings (SSSR count). The molecule has 0 unspecified atom stereocenters. The van der Waals surface area contributed by atoms with Crippen molar-refractivity contribution in [1.82, 2.24) is 0 Å². The number of rotatable bonds is 5. The number of aliphatic hydroxyl groups is 1. The van der Waals surface area contributed by atoms with E-state index in [0.717, 1.165) is 0 Å². The van der Waals surface area contributed by atoms with E-state index in [0.29, 0.717) is 0 Å². The van der Waals surface area contributed by atoms with E-state index >= 15 is 0 Å². The van der Waals surface area contributed by atoms with Crippen LogP contribution in [0.1, 0.15) is 12.8 Å². The van der Waals surface area contributed by atoms with Gasteiger partial charge in [-0.1, -0.05) is 0 Å². The van der Waals surface area contributed by atoms with Crippen LogP contribution in [0.2, 0.25) is 0 Å². The van der Waals surface area contributed by atoms with Crippen LogP contribution in [0.5, 0.6) is 0 Å². The van der Waals surface area contributed by atoms with Crippen LogP contribution in [0.15, 0.2) is 0 Å². The first-order chi connectivity index (χ1) is 5.78. The van der Waals surface area contributed by atoms with Crippen LogP contribution in [0, 0.1) is 0 Å². The monoisotopic (exact) mass is 231 g/mol. The van der Waals surface area contributed by atoms with E-state index in [-0.39, 0.29) is 51.4 Å². The van der Waals surface area contributed by atoms with Gasteiger partial charge in [0.15, 0.2) is 5.60 Å². The predicted octanol–water partition coefficient (Wildman–Crippen LogP) is -4.24. The van der Waals surface area contributed by atoms with Crippen molar-refractivity contribution in [2.24, 2.45) is 0 Å². The van der Waals surface area contributed by atoms with Crippen molar-refractivity contribution < 1.29 is 86.2 Å². The topological polar surface area (TPSA) is 132 Å². The van der Waals surface area contributed by atoms with E-state index in [4.69, 9.17) is 20.4 Å². The van der Waals surface area contributed by atoms with E-state index in [1.54, 1.807) is 0 Å². The fourth-order valence-corrected chi connectivity index (χ4v) is 0.714. The van der Waals surface area contributed by atoms with E-state index in [1.807, 2.05) is 0 Å². The Kier molecular flexibility index (Phi) is 7.61. The molecule has 0 aliphatic rings. The van der Waals surface area contributed by atoms with Gasteiger partial charge in [-0.2, -0.15) is 0 Å². The second-order valence-corrected chi connectivity index (χ2v) is 2.48. The standard InChI is InChI=1S/C6H8O7.K/c7-3(8)1-6(13,5(11)12)2-4(9)10;/h13H,1-2H2,(H,7,8)(H,9,10)(H,11,12);/q;+1. The third-order valence-electron chi connectivity index (χ3n) is 1.29. The molecule has 0 aliphatic carbocycles. The van der Waals surface area contributed by atoms with Crippen molar-refractivity contribution in [3.05, 3.63) is 0 Å². The van der Waals surface area contributed by atoms with Gasteiger partial charge in [0.2, 0.25) is 0 Å². The first-order valence-electron chi connectivity index (χ1n) is 3.17. The summed E-state index contributed by atoms with van der Waals surface area (Å²) in [6.45, 7) is 0. The summed E-state index contributed by atoms with van der Waals surface area (Å²) in [6, 6.07) is 0. The van der Waals surface area contributed by atoms with Crippen molar-refractivity contribution in [3.8, 4) is 0 Å².